The molecule has 0 unspecified atom stereocenters. The molecule has 0 bridgehead atoms. The van der Waals surface area contributed by atoms with Crippen LogP contribution in [0.3, 0.4) is 0 Å². The molecular weight excluding hydrogens is 473 g/mol. The summed E-state index contributed by atoms with van der Waals surface area (Å²) in [5, 5.41) is 6.10. The first kappa shape index (κ1) is 25.5. The zero-order valence-electron chi connectivity index (χ0n) is 20.3. The Morgan fingerprint density at radius 1 is 1.11 bits per heavy atom. The summed E-state index contributed by atoms with van der Waals surface area (Å²) in [6, 6.07) is 5.28. The number of fused-ring (bicyclic) bond motifs is 1. The average Bonchev–Trinajstić information content (AvgIpc) is 2.80. The lowest BCUT2D eigenvalue weighted by Gasteiger charge is -2.30. The number of carbonyl (C=O) groups is 1. The molecule has 0 atom stereocenters. The van der Waals surface area contributed by atoms with Crippen molar-refractivity contribution >= 4 is 28.8 Å². The highest BCUT2D eigenvalue weighted by molar-refractivity contribution is 5.82. The van der Waals surface area contributed by atoms with Crippen LogP contribution in [0.1, 0.15) is 58.4 Å². The van der Waals surface area contributed by atoms with Crippen molar-refractivity contribution in [1.29, 1.82) is 0 Å². The van der Waals surface area contributed by atoms with Gasteiger partial charge in [-0.15, -0.1) is 0 Å². The van der Waals surface area contributed by atoms with Crippen molar-refractivity contribution in [2.75, 3.05) is 11.1 Å². The molecule has 4 rings (SSSR count). The Morgan fingerprint density at radius 3 is 2.44 bits per heavy atom. The molecule has 3 aromatic rings. The van der Waals surface area contributed by atoms with Crippen molar-refractivity contribution in [3.05, 3.63) is 41.8 Å². The molecule has 2 heterocycles. The number of nitrogens with one attached hydrogen (secondary N) is 2. The molecular formula is C25H29F3N6O2. The van der Waals surface area contributed by atoms with Crippen LogP contribution in [0.2, 0.25) is 0 Å². The fourth-order valence-electron chi connectivity index (χ4n) is 4.16. The van der Waals surface area contributed by atoms with Gasteiger partial charge >= 0.3 is 6.09 Å². The van der Waals surface area contributed by atoms with E-state index in [1.54, 1.807) is 0 Å². The summed E-state index contributed by atoms with van der Waals surface area (Å²) in [7, 11) is 0. The Balaban J connectivity index is 1.47. The molecule has 1 amide bonds. The number of benzene rings is 1. The first-order valence-corrected chi connectivity index (χ1v) is 11.8. The number of halogens is 3. The van der Waals surface area contributed by atoms with Crippen molar-refractivity contribution in [3.8, 4) is 11.3 Å². The Hall–Kier alpha value is -3.63. The molecule has 0 saturated heterocycles. The lowest BCUT2D eigenvalue weighted by atomic mass is 9.91. The fraction of sp³-hybridized carbons (Fsp3) is 0.440. The smallest absolute Gasteiger partial charge is 0.407 e. The van der Waals surface area contributed by atoms with Crippen LogP contribution >= 0.6 is 0 Å². The lowest BCUT2D eigenvalue weighted by molar-refractivity contribution is 0.0492. The summed E-state index contributed by atoms with van der Waals surface area (Å²) in [5.41, 5.74) is 5.30. The molecule has 36 heavy (non-hydrogen) atoms. The monoisotopic (exact) mass is 502 g/mol. The minimum atomic E-state index is -2.81. The Morgan fingerprint density at radius 2 is 1.81 bits per heavy atom. The molecule has 1 aliphatic rings. The van der Waals surface area contributed by atoms with Gasteiger partial charge in [-0.2, -0.15) is 0 Å². The van der Waals surface area contributed by atoms with E-state index in [1.807, 2.05) is 20.8 Å². The number of ether oxygens (including phenoxy) is 1. The number of nitrogen functional groups attached to an aromatic ring is 1. The van der Waals surface area contributed by atoms with Crippen molar-refractivity contribution < 1.29 is 22.7 Å². The molecule has 192 valence electrons. The predicted octanol–water partition coefficient (Wildman–Crippen LogP) is 5.60. The predicted molar refractivity (Wildman–Crippen MR) is 131 cm³/mol. The van der Waals surface area contributed by atoms with Crippen LogP contribution in [0.15, 0.2) is 30.5 Å². The maximum Gasteiger partial charge on any atom is 0.407 e. The maximum absolute atomic E-state index is 13.9. The zero-order chi connectivity index (χ0) is 26.0. The number of amides is 1. The quantitative estimate of drug-likeness (QED) is 0.389. The van der Waals surface area contributed by atoms with E-state index < -0.39 is 23.9 Å². The Kier molecular flexibility index (Phi) is 7.18. The number of anilines is 2. The van der Waals surface area contributed by atoms with Crippen molar-refractivity contribution in [1.82, 2.24) is 20.3 Å². The second-order valence-electron chi connectivity index (χ2n) is 9.90. The summed E-state index contributed by atoms with van der Waals surface area (Å²) in [5.74, 6) is -0.430. The van der Waals surface area contributed by atoms with E-state index in [9.17, 15) is 18.0 Å². The van der Waals surface area contributed by atoms with Gasteiger partial charge in [0, 0.05) is 23.2 Å². The number of hydrogen-bond acceptors (Lipinski definition) is 7. The first-order chi connectivity index (χ1) is 17.0. The number of alkyl halides is 2. The van der Waals surface area contributed by atoms with Crippen LogP contribution in [0, 0.1) is 5.82 Å². The number of nitrogens with two attached hydrogens (primary N) is 1. The number of carbonyl (C=O) groups excluding carboxylic acids is 1. The van der Waals surface area contributed by atoms with Gasteiger partial charge in [0.25, 0.3) is 6.43 Å². The number of hydrogen-bond donors (Lipinski definition) is 3. The Bertz CT molecular complexity index is 1260. The van der Waals surface area contributed by atoms with E-state index in [2.05, 4.69) is 25.6 Å². The summed E-state index contributed by atoms with van der Waals surface area (Å²) >= 11 is 0. The third-order valence-corrected chi connectivity index (χ3v) is 5.89. The molecule has 8 nitrogen and oxygen atoms in total. The topological polar surface area (TPSA) is 115 Å². The van der Waals surface area contributed by atoms with Crippen LogP contribution in [0.4, 0.5) is 29.6 Å². The van der Waals surface area contributed by atoms with E-state index in [4.69, 9.17) is 10.5 Å². The SMILES string of the molecule is CC(C)(C)OC(=O)N[C@H]1CC[C@H](Nc2ncc3nc(-c4ccc(N)c(F)c4)cc(C(F)F)c3n2)CC1. The second-order valence-corrected chi connectivity index (χ2v) is 9.90. The van der Waals surface area contributed by atoms with Crippen molar-refractivity contribution in [3.63, 3.8) is 0 Å². The Labute approximate surface area is 206 Å². The third kappa shape index (κ3) is 6.13. The molecule has 1 saturated carbocycles. The molecule has 0 radical (unpaired) electrons. The van der Waals surface area contributed by atoms with Gasteiger partial charge in [0.05, 0.1) is 17.6 Å². The molecule has 1 aliphatic carbocycles. The largest absolute Gasteiger partial charge is 0.444 e. The van der Waals surface area contributed by atoms with E-state index in [1.165, 1.54) is 24.4 Å². The normalized spacial score (nSPS) is 18.3. The minimum absolute atomic E-state index is 0.00153. The van der Waals surface area contributed by atoms with Gasteiger partial charge in [0.15, 0.2) is 0 Å². The van der Waals surface area contributed by atoms with Gasteiger partial charge in [-0.25, -0.2) is 32.9 Å². The van der Waals surface area contributed by atoms with E-state index in [0.29, 0.717) is 5.56 Å². The number of pyridine rings is 1. The molecule has 1 aromatic carbocycles. The molecule has 0 spiro atoms. The molecule has 4 N–H and O–H groups in total. The van der Waals surface area contributed by atoms with Crippen LogP contribution in [-0.2, 0) is 4.74 Å². The second kappa shape index (κ2) is 10.2. The van der Waals surface area contributed by atoms with Crippen molar-refractivity contribution in [2.45, 2.75) is 70.6 Å². The van der Waals surface area contributed by atoms with Crippen LogP contribution < -0.4 is 16.4 Å². The minimum Gasteiger partial charge on any atom is -0.444 e. The highest BCUT2D eigenvalue weighted by atomic mass is 19.3. The van der Waals surface area contributed by atoms with E-state index in [-0.39, 0.29) is 46.0 Å². The molecule has 1 fully saturated rings. The molecule has 2 aromatic heterocycles. The highest BCUT2D eigenvalue weighted by Crippen LogP contribution is 2.32. The number of aromatic nitrogens is 3. The van der Waals surface area contributed by atoms with Gasteiger partial charge in [-0.05, 0) is 64.7 Å². The maximum atomic E-state index is 13.9. The molecule has 0 aliphatic heterocycles. The van der Waals surface area contributed by atoms with Crippen LogP contribution in [-0.4, -0.2) is 38.7 Å². The average molecular weight is 503 g/mol. The summed E-state index contributed by atoms with van der Waals surface area (Å²) in [6.07, 6.45) is 1.07. The number of nitrogens with zero attached hydrogens (tertiary/aromatic N) is 3. The van der Waals surface area contributed by atoms with Gasteiger partial charge in [0.2, 0.25) is 5.95 Å². The van der Waals surface area contributed by atoms with Gasteiger partial charge in [0.1, 0.15) is 22.5 Å². The zero-order valence-corrected chi connectivity index (χ0v) is 20.3. The van der Waals surface area contributed by atoms with E-state index >= 15 is 0 Å². The summed E-state index contributed by atoms with van der Waals surface area (Å²) < 4.78 is 47.1. The summed E-state index contributed by atoms with van der Waals surface area (Å²) in [4.78, 5) is 24.9. The third-order valence-electron chi connectivity index (χ3n) is 5.89. The van der Waals surface area contributed by atoms with Crippen LogP contribution in [0.5, 0.6) is 0 Å². The number of alkyl carbamates (subject to hydrolysis) is 1. The highest BCUT2D eigenvalue weighted by Gasteiger charge is 2.25. The summed E-state index contributed by atoms with van der Waals surface area (Å²) in [6.45, 7) is 5.43. The van der Waals surface area contributed by atoms with E-state index in [0.717, 1.165) is 31.7 Å². The van der Waals surface area contributed by atoms with Gasteiger partial charge in [-0.1, -0.05) is 6.07 Å². The first-order valence-electron chi connectivity index (χ1n) is 11.8. The standard InChI is InChI=1S/C25H29F3N6O2/c1-25(2,3)36-24(35)32-15-7-5-14(6-8-15)31-23-30-12-20-21(34-23)16(22(27)28)11-19(33-20)13-4-9-18(29)17(26)10-13/h4,9-12,14-15,22H,5-8,29H2,1-3H3,(H,32,35)(H,30,31,34)/t14-,15-. The number of rotatable bonds is 5. The fourth-order valence-corrected chi connectivity index (χ4v) is 4.16. The molecule has 11 heteroatoms. The van der Waals surface area contributed by atoms with Gasteiger partial charge < -0.3 is 21.1 Å². The van der Waals surface area contributed by atoms with Crippen molar-refractivity contribution in [2.24, 2.45) is 0 Å². The lowest BCUT2D eigenvalue weighted by Crippen LogP contribution is -2.42. The van der Waals surface area contributed by atoms with Gasteiger partial charge in [-0.3, -0.25) is 0 Å². The van der Waals surface area contributed by atoms with Crippen LogP contribution in [0.25, 0.3) is 22.3 Å².